The minimum Gasteiger partial charge on any atom is -0.266 e. The highest BCUT2D eigenvalue weighted by Crippen LogP contribution is 2.34. The van der Waals surface area contributed by atoms with Gasteiger partial charge in [-0.2, -0.15) is 13.2 Å². The largest absolute Gasteiger partial charge is 0.443 e. The van der Waals surface area contributed by atoms with E-state index in [1.54, 1.807) is 0 Å². The van der Waals surface area contributed by atoms with Gasteiger partial charge < -0.3 is 0 Å². The number of hydrogen-bond acceptors (Lipinski definition) is 6. The van der Waals surface area contributed by atoms with Gasteiger partial charge in [0, 0.05) is 11.3 Å². The summed E-state index contributed by atoms with van der Waals surface area (Å²) >= 11 is 0.520. The van der Waals surface area contributed by atoms with Crippen LogP contribution in [0.25, 0.3) is 0 Å². The summed E-state index contributed by atoms with van der Waals surface area (Å²) in [5, 5.41) is 15.0. The van der Waals surface area contributed by atoms with Crippen molar-refractivity contribution in [1.29, 1.82) is 0 Å². The summed E-state index contributed by atoms with van der Waals surface area (Å²) in [6, 6.07) is 0. The lowest BCUT2D eigenvalue weighted by Crippen LogP contribution is -2.16. The number of aromatic nitrogens is 1. The lowest BCUT2D eigenvalue weighted by atomic mass is 10.3. The van der Waals surface area contributed by atoms with Gasteiger partial charge in [0.1, 0.15) is 0 Å². The van der Waals surface area contributed by atoms with E-state index < -0.39 is 16.6 Å². The number of aryl methyl sites for hydroxylation is 1. The minimum atomic E-state index is -4.45. The fourth-order valence-electron chi connectivity index (χ4n) is 1.00. The molecule has 0 fully saturated rings. The van der Waals surface area contributed by atoms with Crippen LogP contribution >= 0.6 is 11.3 Å². The fraction of sp³-hybridized carbons (Fsp3) is 0.571. The zero-order chi connectivity index (χ0) is 12.3. The summed E-state index contributed by atoms with van der Waals surface area (Å²) in [6.07, 6.45) is -4.33. The maximum Gasteiger partial charge on any atom is 0.443 e. The van der Waals surface area contributed by atoms with Gasteiger partial charge in [-0.3, -0.25) is 15.3 Å². The molecular formula is C7H9F3N2O3S. The van der Waals surface area contributed by atoms with E-state index in [4.69, 9.17) is 10.4 Å². The molecule has 1 aromatic heterocycles. The summed E-state index contributed by atoms with van der Waals surface area (Å²) in [4.78, 5) is 8.01. The molecule has 0 unspecified atom stereocenters. The van der Waals surface area contributed by atoms with E-state index in [1.165, 1.54) is 6.92 Å². The van der Waals surface area contributed by atoms with Gasteiger partial charge in [-0.1, -0.05) is 0 Å². The molecule has 16 heavy (non-hydrogen) atoms. The second kappa shape index (κ2) is 5.06. The van der Waals surface area contributed by atoms with Crippen LogP contribution in [0.3, 0.4) is 0 Å². The number of hydrogen-bond donors (Lipinski definition) is 2. The Morgan fingerprint density at radius 3 is 2.50 bits per heavy atom. The van der Waals surface area contributed by atoms with Gasteiger partial charge in [0.05, 0.1) is 17.7 Å². The molecule has 0 aliphatic heterocycles. The average molecular weight is 258 g/mol. The van der Waals surface area contributed by atoms with Crippen molar-refractivity contribution < 1.29 is 28.4 Å². The molecule has 0 spiro atoms. The minimum absolute atomic E-state index is 0.122. The highest BCUT2D eigenvalue weighted by molar-refractivity contribution is 7.11. The molecule has 0 aromatic carbocycles. The van der Waals surface area contributed by atoms with Crippen molar-refractivity contribution in [2.45, 2.75) is 19.5 Å². The number of rotatable bonds is 4. The van der Waals surface area contributed by atoms with Gasteiger partial charge in [-0.25, -0.2) is 4.98 Å². The van der Waals surface area contributed by atoms with E-state index in [1.807, 2.05) is 0 Å². The maximum absolute atomic E-state index is 12.3. The van der Waals surface area contributed by atoms with Crippen molar-refractivity contribution in [2.24, 2.45) is 0 Å². The van der Waals surface area contributed by atoms with Gasteiger partial charge in [0.25, 0.3) is 0 Å². The Labute approximate surface area is 92.6 Å². The van der Waals surface area contributed by atoms with Gasteiger partial charge in [-0.05, 0) is 6.92 Å². The van der Waals surface area contributed by atoms with E-state index in [9.17, 15) is 13.2 Å². The molecule has 5 nitrogen and oxygen atoms in total. The smallest absolute Gasteiger partial charge is 0.266 e. The van der Waals surface area contributed by atoms with E-state index in [0.29, 0.717) is 16.2 Å². The Hall–Kier alpha value is -0.740. The maximum atomic E-state index is 12.3. The SMILES string of the molecule is Cc1nc(C(F)(F)F)sc1CCON(O)O. The predicted octanol–water partition coefficient (Wildman–Crippen LogP) is 2.02. The molecule has 0 amide bonds. The molecule has 1 heterocycles. The van der Waals surface area contributed by atoms with Crippen LogP contribution in [0.1, 0.15) is 15.6 Å². The Morgan fingerprint density at radius 1 is 1.44 bits per heavy atom. The van der Waals surface area contributed by atoms with Crippen LogP contribution in [0.4, 0.5) is 13.2 Å². The summed E-state index contributed by atoms with van der Waals surface area (Å²) < 4.78 is 36.8. The highest BCUT2D eigenvalue weighted by atomic mass is 32.1. The summed E-state index contributed by atoms with van der Waals surface area (Å²) in [5.74, 6) is 0. The van der Waals surface area contributed by atoms with Crippen LogP contribution in [0.2, 0.25) is 0 Å². The lowest BCUT2D eigenvalue weighted by Gasteiger charge is -2.04. The Kier molecular flexibility index (Phi) is 4.21. The van der Waals surface area contributed by atoms with Crippen molar-refractivity contribution in [3.05, 3.63) is 15.6 Å². The third kappa shape index (κ3) is 3.68. The first kappa shape index (κ1) is 13.3. The number of nitrogens with zero attached hydrogens (tertiary/aromatic N) is 2. The van der Waals surface area contributed by atoms with E-state index in [-0.39, 0.29) is 18.7 Å². The normalized spacial score (nSPS) is 12.4. The van der Waals surface area contributed by atoms with Crippen LogP contribution in [0.15, 0.2) is 0 Å². The Balaban J connectivity index is 2.64. The molecule has 0 saturated carbocycles. The topological polar surface area (TPSA) is 65.8 Å². The van der Waals surface area contributed by atoms with Crippen molar-refractivity contribution in [3.63, 3.8) is 0 Å². The first-order chi connectivity index (χ1) is 7.30. The van der Waals surface area contributed by atoms with Crippen molar-refractivity contribution in [3.8, 4) is 0 Å². The first-order valence-corrected chi connectivity index (χ1v) is 4.96. The quantitative estimate of drug-likeness (QED) is 0.809. The molecular weight excluding hydrogens is 249 g/mol. The van der Waals surface area contributed by atoms with Crippen LogP contribution in [-0.4, -0.2) is 27.4 Å². The van der Waals surface area contributed by atoms with E-state index >= 15 is 0 Å². The van der Waals surface area contributed by atoms with Crippen LogP contribution in [-0.2, 0) is 17.4 Å². The third-order valence-corrected chi connectivity index (χ3v) is 2.93. The van der Waals surface area contributed by atoms with Crippen molar-refractivity contribution in [1.82, 2.24) is 10.4 Å². The predicted molar refractivity (Wildman–Crippen MR) is 46.9 cm³/mol. The lowest BCUT2D eigenvalue weighted by molar-refractivity contribution is -0.492. The van der Waals surface area contributed by atoms with E-state index in [2.05, 4.69) is 9.82 Å². The number of alkyl halides is 3. The highest BCUT2D eigenvalue weighted by Gasteiger charge is 2.35. The molecule has 1 aromatic rings. The molecule has 92 valence electrons. The Morgan fingerprint density at radius 2 is 2.06 bits per heavy atom. The summed E-state index contributed by atoms with van der Waals surface area (Å²) in [5.41, 5.74) is 0.267. The average Bonchev–Trinajstić information content (AvgIpc) is 2.46. The first-order valence-electron chi connectivity index (χ1n) is 4.15. The van der Waals surface area contributed by atoms with Gasteiger partial charge in [0.15, 0.2) is 5.01 Å². The van der Waals surface area contributed by atoms with Crippen LogP contribution in [0.5, 0.6) is 0 Å². The molecule has 1 rings (SSSR count). The molecule has 0 atom stereocenters. The molecule has 0 radical (unpaired) electrons. The summed E-state index contributed by atoms with van der Waals surface area (Å²) in [6.45, 7) is 1.31. The van der Waals surface area contributed by atoms with Gasteiger partial charge in [-0.15, -0.1) is 11.3 Å². The van der Waals surface area contributed by atoms with Gasteiger partial charge in [0.2, 0.25) is 0 Å². The standard InChI is InChI=1S/C7H9F3N2O3S/c1-4-5(2-3-15-12(13)14)16-6(11-4)7(8,9)10/h13-14H,2-3H2,1H3. The number of halogens is 3. The van der Waals surface area contributed by atoms with Crippen LogP contribution in [0, 0.1) is 6.92 Å². The van der Waals surface area contributed by atoms with Crippen molar-refractivity contribution >= 4 is 11.3 Å². The summed E-state index contributed by atoms with van der Waals surface area (Å²) in [7, 11) is 0. The second-order valence-electron chi connectivity index (χ2n) is 2.86. The molecule has 9 heteroatoms. The molecule has 2 N–H and O–H groups in total. The van der Waals surface area contributed by atoms with Gasteiger partial charge >= 0.3 is 6.18 Å². The second-order valence-corrected chi connectivity index (χ2v) is 3.94. The zero-order valence-corrected chi connectivity index (χ0v) is 8.97. The molecule has 0 bridgehead atoms. The fourth-order valence-corrected chi connectivity index (χ4v) is 1.91. The number of thiazole rings is 1. The molecule has 0 aliphatic rings. The van der Waals surface area contributed by atoms with Crippen LogP contribution < -0.4 is 0 Å². The van der Waals surface area contributed by atoms with E-state index in [0.717, 1.165) is 0 Å². The van der Waals surface area contributed by atoms with Crippen molar-refractivity contribution in [2.75, 3.05) is 6.61 Å². The molecule has 0 saturated heterocycles. The molecule has 0 aliphatic carbocycles. The monoisotopic (exact) mass is 258 g/mol. The zero-order valence-electron chi connectivity index (χ0n) is 8.15. The Bertz CT molecular complexity index is 353. The third-order valence-electron chi connectivity index (χ3n) is 1.67.